The van der Waals surface area contributed by atoms with Gasteiger partial charge >= 0.3 is 0 Å². The second-order valence-corrected chi connectivity index (χ2v) is 8.04. The predicted molar refractivity (Wildman–Crippen MR) is 97.6 cm³/mol. The molecule has 0 radical (unpaired) electrons. The van der Waals surface area contributed by atoms with Crippen molar-refractivity contribution in [2.24, 2.45) is 16.8 Å². The summed E-state index contributed by atoms with van der Waals surface area (Å²) >= 11 is 1.76. The number of ether oxygens (including phenoxy) is 1. The molecule has 1 aromatic heterocycles. The van der Waals surface area contributed by atoms with E-state index >= 15 is 0 Å². The summed E-state index contributed by atoms with van der Waals surface area (Å²) in [6, 6.07) is 0. The van der Waals surface area contributed by atoms with Crippen LogP contribution in [0.2, 0.25) is 0 Å². The van der Waals surface area contributed by atoms with Gasteiger partial charge in [-0.2, -0.15) is 0 Å². The molecule has 3 aliphatic heterocycles. The maximum atomic E-state index is 6.09. The van der Waals surface area contributed by atoms with E-state index in [2.05, 4.69) is 34.4 Å². The molecule has 1 aromatic rings. The standard InChI is InChI=1S/C18H28N4OS/c1-3-17-21-12(11-24-17)7-8-20-18(19-4-2)22-9-13-14(10-22)16-6-5-15(13)23-16/h11,13-16H,3-10H2,1-2H3,(H,19,20). The SMILES string of the molecule is CCNC(=NCCc1csc(CC)n1)N1CC2C3CCC(O3)C2C1. The van der Waals surface area contributed by atoms with Gasteiger partial charge in [0, 0.05) is 49.8 Å². The van der Waals surface area contributed by atoms with Crippen molar-refractivity contribution in [2.75, 3.05) is 26.2 Å². The molecule has 4 rings (SSSR count). The number of nitrogens with one attached hydrogen (secondary N) is 1. The average molecular weight is 349 g/mol. The van der Waals surface area contributed by atoms with Gasteiger partial charge in [-0.3, -0.25) is 4.99 Å². The van der Waals surface area contributed by atoms with Crippen molar-refractivity contribution in [3.63, 3.8) is 0 Å². The van der Waals surface area contributed by atoms with E-state index in [1.165, 1.54) is 23.5 Å². The predicted octanol–water partition coefficient (Wildman–Crippen LogP) is 2.32. The molecule has 0 amide bonds. The van der Waals surface area contributed by atoms with Crippen LogP contribution in [0.25, 0.3) is 0 Å². The summed E-state index contributed by atoms with van der Waals surface area (Å²) in [5.74, 6) is 2.52. The molecule has 0 saturated carbocycles. The Morgan fingerprint density at radius 2 is 2.08 bits per heavy atom. The summed E-state index contributed by atoms with van der Waals surface area (Å²) in [6.45, 7) is 8.25. The number of nitrogens with zero attached hydrogens (tertiary/aromatic N) is 3. The first kappa shape index (κ1) is 16.3. The first-order valence-corrected chi connectivity index (χ1v) is 10.3. The van der Waals surface area contributed by atoms with Crippen molar-refractivity contribution >= 4 is 17.3 Å². The summed E-state index contributed by atoms with van der Waals surface area (Å²) in [7, 11) is 0. The quantitative estimate of drug-likeness (QED) is 0.655. The van der Waals surface area contributed by atoms with Gasteiger partial charge in [0.25, 0.3) is 0 Å². The maximum absolute atomic E-state index is 6.09. The van der Waals surface area contributed by atoms with Gasteiger partial charge in [0.1, 0.15) is 0 Å². The molecule has 3 aliphatic rings. The molecule has 3 fully saturated rings. The number of fused-ring (bicyclic) bond motifs is 5. The maximum Gasteiger partial charge on any atom is 0.193 e. The third-order valence-electron chi connectivity index (χ3n) is 5.62. The summed E-state index contributed by atoms with van der Waals surface area (Å²) in [4.78, 5) is 12.0. The Balaban J connectivity index is 1.37. The zero-order valence-corrected chi connectivity index (χ0v) is 15.5. The number of aliphatic imine (C=N–C) groups is 1. The van der Waals surface area contributed by atoms with Gasteiger partial charge in [-0.25, -0.2) is 4.98 Å². The molecule has 4 heterocycles. The highest BCUT2D eigenvalue weighted by Gasteiger charge is 2.53. The van der Waals surface area contributed by atoms with E-state index in [-0.39, 0.29) is 0 Å². The van der Waals surface area contributed by atoms with Gasteiger partial charge in [-0.1, -0.05) is 6.92 Å². The summed E-state index contributed by atoms with van der Waals surface area (Å²) in [6.07, 6.45) is 5.50. The molecule has 4 unspecified atom stereocenters. The summed E-state index contributed by atoms with van der Waals surface area (Å²) < 4.78 is 6.09. The van der Waals surface area contributed by atoms with Gasteiger partial charge in [0.05, 0.1) is 22.9 Å². The molecule has 1 N–H and O–H groups in total. The summed E-state index contributed by atoms with van der Waals surface area (Å²) in [5.41, 5.74) is 1.18. The topological polar surface area (TPSA) is 49.8 Å². The number of aryl methyl sites for hydroxylation is 1. The molecule has 132 valence electrons. The van der Waals surface area contributed by atoms with E-state index in [4.69, 9.17) is 9.73 Å². The number of likely N-dealkylation sites (tertiary alicyclic amines) is 1. The van der Waals surface area contributed by atoms with E-state index < -0.39 is 0 Å². The van der Waals surface area contributed by atoms with Crippen LogP contribution in [0.15, 0.2) is 10.4 Å². The molecule has 5 nitrogen and oxygen atoms in total. The lowest BCUT2D eigenvalue weighted by atomic mass is 9.82. The van der Waals surface area contributed by atoms with Crippen molar-refractivity contribution in [1.29, 1.82) is 0 Å². The minimum Gasteiger partial charge on any atom is -0.374 e. The average Bonchev–Trinajstić information content (AvgIpc) is 3.34. The Labute approximate surface area is 148 Å². The minimum atomic E-state index is 0.510. The second-order valence-electron chi connectivity index (χ2n) is 7.09. The Morgan fingerprint density at radius 1 is 1.33 bits per heavy atom. The van der Waals surface area contributed by atoms with E-state index in [1.54, 1.807) is 11.3 Å². The van der Waals surface area contributed by atoms with Gasteiger partial charge in [0.15, 0.2) is 5.96 Å². The van der Waals surface area contributed by atoms with Crippen molar-refractivity contribution in [1.82, 2.24) is 15.2 Å². The minimum absolute atomic E-state index is 0.510. The van der Waals surface area contributed by atoms with Crippen LogP contribution in [0.5, 0.6) is 0 Å². The van der Waals surface area contributed by atoms with Crippen molar-refractivity contribution in [3.8, 4) is 0 Å². The monoisotopic (exact) mass is 348 g/mol. The molecule has 4 atom stereocenters. The number of rotatable bonds is 5. The van der Waals surface area contributed by atoms with E-state index in [9.17, 15) is 0 Å². The molecule has 0 aromatic carbocycles. The number of hydrogen-bond donors (Lipinski definition) is 1. The molecule has 0 spiro atoms. The van der Waals surface area contributed by atoms with Crippen molar-refractivity contribution in [3.05, 3.63) is 16.1 Å². The fourth-order valence-electron chi connectivity index (χ4n) is 4.46. The first-order chi connectivity index (χ1) is 11.8. The normalized spacial score (nSPS) is 31.8. The van der Waals surface area contributed by atoms with Crippen LogP contribution in [0, 0.1) is 11.8 Å². The van der Waals surface area contributed by atoms with Crippen LogP contribution in [-0.2, 0) is 17.6 Å². The van der Waals surface area contributed by atoms with Crippen LogP contribution < -0.4 is 5.32 Å². The van der Waals surface area contributed by atoms with Crippen LogP contribution in [0.1, 0.15) is 37.4 Å². The highest BCUT2D eigenvalue weighted by atomic mass is 32.1. The molecule has 2 bridgehead atoms. The second kappa shape index (κ2) is 7.00. The summed E-state index contributed by atoms with van der Waals surface area (Å²) in [5, 5.41) is 6.89. The molecule has 24 heavy (non-hydrogen) atoms. The van der Waals surface area contributed by atoms with Gasteiger partial charge in [0.2, 0.25) is 0 Å². The number of hydrogen-bond acceptors (Lipinski definition) is 4. The molecular formula is C18H28N4OS. The van der Waals surface area contributed by atoms with Crippen LogP contribution in [-0.4, -0.2) is 54.2 Å². The number of thiazole rings is 1. The van der Waals surface area contributed by atoms with E-state index in [0.717, 1.165) is 56.8 Å². The van der Waals surface area contributed by atoms with Crippen LogP contribution in [0.3, 0.4) is 0 Å². The Hall–Kier alpha value is -1.14. The number of guanidine groups is 1. The zero-order valence-electron chi connectivity index (χ0n) is 14.7. The fourth-order valence-corrected chi connectivity index (χ4v) is 5.24. The van der Waals surface area contributed by atoms with E-state index in [1.807, 2.05) is 0 Å². The lowest BCUT2D eigenvalue weighted by Gasteiger charge is -2.23. The largest absolute Gasteiger partial charge is 0.374 e. The zero-order chi connectivity index (χ0) is 16.5. The van der Waals surface area contributed by atoms with Crippen LogP contribution >= 0.6 is 11.3 Å². The Morgan fingerprint density at radius 3 is 2.71 bits per heavy atom. The lowest BCUT2D eigenvalue weighted by Crippen LogP contribution is -2.41. The lowest BCUT2D eigenvalue weighted by molar-refractivity contribution is 0.0767. The van der Waals surface area contributed by atoms with Crippen molar-refractivity contribution < 1.29 is 4.74 Å². The van der Waals surface area contributed by atoms with Crippen LogP contribution in [0.4, 0.5) is 0 Å². The molecule has 0 aliphatic carbocycles. The Bertz CT molecular complexity index is 584. The van der Waals surface area contributed by atoms with E-state index in [0.29, 0.717) is 12.2 Å². The van der Waals surface area contributed by atoms with Gasteiger partial charge in [-0.05, 0) is 26.2 Å². The first-order valence-electron chi connectivity index (χ1n) is 9.40. The third-order valence-corrected chi connectivity index (χ3v) is 6.66. The fraction of sp³-hybridized carbons (Fsp3) is 0.778. The third kappa shape index (κ3) is 3.06. The van der Waals surface area contributed by atoms with Gasteiger partial charge in [-0.15, -0.1) is 11.3 Å². The smallest absolute Gasteiger partial charge is 0.193 e. The molecule has 3 saturated heterocycles. The molecular weight excluding hydrogens is 320 g/mol. The highest BCUT2D eigenvalue weighted by molar-refractivity contribution is 7.09. The number of aromatic nitrogens is 1. The molecule has 6 heteroatoms. The van der Waals surface area contributed by atoms with Gasteiger partial charge < -0.3 is 15.0 Å². The van der Waals surface area contributed by atoms with Crippen molar-refractivity contribution in [2.45, 2.75) is 51.7 Å². The Kier molecular flexibility index (Phi) is 4.77. The highest BCUT2D eigenvalue weighted by Crippen LogP contribution is 2.47.